The van der Waals surface area contributed by atoms with Gasteiger partial charge in [-0.3, -0.25) is 0 Å². The third kappa shape index (κ3) is 2.24. The molecule has 80 valence electrons. The molecule has 0 heterocycles. The molecule has 0 saturated carbocycles. The summed E-state index contributed by atoms with van der Waals surface area (Å²) in [5.41, 5.74) is -1.32. The summed E-state index contributed by atoms with van der Waals surface area (Å²) in [4.78, 5) is 0. The molecular weight excluding hydrogens is 163 g/mol. The Balaban J connectivity index is 4.80. The zero-order valence-corrected chi connectivity index (χ0v) is 10.2. The number of hydrogen-bond acceptors (Lipinski definition) is 0. The number of halogens is 1. The lowest BCUT2D eigenvalue weighted by Crippen LogP contribution is -2.46. The quantitative estimate of drug-likeness (QED) is 0.611. The Morgan fingerprint density at radius 1 is 1.08 bits per heavy atom. The molecule has 0 bridgehead atoms. The SMILES string of the molecule is CCC(C)C(C)(F)C(C)(C)C(C)C. The van der Waals surface area contributed by atoms with Crippen molar-refractivity contribution in [3.05, 3.63) is 0 Å². The van der Waals surface area contributed by atoms with Crippen LogP contribution in [-0.2, 0) is 0 Å². The van der Waals surface area contributed by atoms with Crippen molar-refractivity contribution in [2.24, 2.45) is 17.3 Å². The van der Waals surface area contributed by atoms with E-state index in [0.29, 0.717) is 5.92 Å². The average Bonchev–Trinajstić information content (AvgIpc) is 2.02. The van der Waals surface area contributed by atoms with E-state index in [2.05, 4.69) is 20.8 Å². The average molecular weight is 188 g/mol. The van der Waals surface area contributed by atoms with E-state index in [4.69, 9.17) is 0 Å². The number of rotatable bonds is 4. The highest BCUT2D eigenvalue weighted by Crippen LogP contribution is 2.46. The fourth-order valence-corrected chi connectivity index (χ4v) is 1.58. The van der Waals surface area contributed by atoms with E-state index in [0.717, 1.165) is 6.42 Å². The molecule has 0 fully saturated rings. The van der Waals surface area contributed by atoms with Crippen LogP contribution in [0.4, 0.5) is 4.39 Å². The third-order valence-corrected chi connectivity index (χ3v) is 4.24. The van der Waals surface area contributed by atoms with Gasteiger partial charge in [-0.2, -0.15) is 0 Å². The minimum absolute atomic E-state index is 0.130. The van der Waals surface area contributed by atoms with Crippen molar-refractivity contribution in [2.45, 2.75) is 60.6 Å². The summed E-state index contributed by atoms with van der Waals surface area (Å²) in [6.07, 6.45) is 0.906. The lowest BCUT2D eigenvalue weighted by Gasteiger charge is -2.44. The zero-order chi connectivity index (χ0) is 10.9. The molecule has 0 nitrogen and oxygen atoms in total. The van der Waals surface area contributed by atoms with Gasteiger partial charge in [0.25, 0.3) is 0 Å². The van der Waals surface area contributed by atoms with E-state index in [-0.39, 0.29) is 11.3 Å². The van der Waals surface area contributed by atoms with Gasteiger partial charge in [-0.25, -0.2) is 4.39 Å². The van der Waals surface area contributed by atoms with Gasteiger partial charge in [-0.05, 0) is 18.8 Å². The minimum Gasteiger partial charge on any atom is -0.243 e. The molecular formula is C12H25F. The highest BCUT2D eigenvalue weighted by Gasteiger charge is 2.46. The monoisotopic (exact) mass is 188 g/mol. The first kappa shape index (κ1) is 12.9. The predicted octanol–water partition coefficient (Wildman–Crippen LogP) is 4.44. The topological polar surface area (TPSA) is 0 Å². The Hall–Kier alpha value is -0.0700. The molecule has 0 aromatic heterocycles. The van der Waals surface area contributed by atoms with Crippen molar-refractivity contribution < 1.29 is 4.39 Å². The second-order valence-corrected chi connectivity index (χ2v) is 5.26. The standard InChI is InChI=1S/C12H25F/c1-8-10(4)12(7,13)11(5,6)9(2)3/h9-10H,8H2,1-7H3. The Morgan fingerprint density at radius 2 is 1.46 bits per heavy atom. The molecule has 0 spiro atoms. The van der Waals surface area contributed by atoms with Crippen LogP contribution in [0, 0.1) is 17.3 Å². The van der Waals surface area contributed by atoms with Crippen LogP contribution < -0.4 is 0 Å². The summed E-state index contributed by atoms with van der Waals surface area (Å²) in [5, 5.41) is 0. The van der Waals surface area contributed by atoms with Gasteiger partial charge in [-0.15, -0.1) is 0 Å². The fourth-order valence-electron chi connectivity index (χ4n) is 1.58. The lowest BCUT2D eigenvalue weighted by atomic mass is 9.64. The van der Waals surface area contributed by atoms with E-state index in [1.165, 1.54) is 0 Å². The summed E-state index contributed by atoms with van der Waals surface area (Å²) >= 11 is 0. The van der Waals surface area contributed by atoms with E-state index in [1.54, 1.807) is 6.92 Å². The van der Waals surface area contributed by atoms with E-state index in [9.17, 15) is 4.39 Å². The molecule has 0 aliphatic carbocycles. The summed E-state index contributed by atoms with van der Waals surface area (Å²) < 4.78 is 14.5. The summed E-state index contributed by atoms with van der Waals surface area (Å²) in [5.74, 6) is 0.501. The molecule has 1 heteroatoms. The fraction of sp³-hybridized carbons (Fsp3) is 1.00. The second-order valence-electron chi connectivity index (χ2n) is 5.26. The van der Waals surface area contributed by atoms with Gasteiger partial charge in [0, 0.05) is 5.41 Å². The zero-order valence-electron chi connectivity index (χ0n) is 10.2. The van der Waals surface area contributed by atoms with Gasteiger partial charge < -0.3 is 0 Å². The first-order valence-electron chi connectivity index (χ1n) is 5.36. The minimum atomic E-state index is -1.07. The molecule has 2 atom stereocenters. The predicted molar refractivity (Wildman–Crippen MR) is 57.6 cm³/mol. The molecule has 13 heavy (non-hydrogen) atoms. The highest BCUT2D eigenvalue weighted by molar-refractivity contribution is 4.95. The van der Waals surface area contributed by atoms with Crippen molar-refractivity contribution in [3.63, 3.8) is 0 Å². The summed E-state index contributed by atoms with van der Waals surface area (Å²) in [6.45, 7) is 14.1. The largest absolute Gasteiger partial charge is 0.243 e. The maximum absolute atomic E-state index is 14.5. The Bertz CT molecular complexity index is 157. The first-order chi connectivity index (χ1) is 5.67. The van der Waals surface area contributed by atoms with E-state index >= 15 is 0 Å². The molecule has 0 aromatic rings. The van der Waals surface area contributed by atoms with Gasteiger partial charge in [0.15, 0.2) is 0 Å². The van der Waals surface area contributed by atoms with Crippen molar-refractivity contribution in [2.75, 3.05) is 0 Å². The number of hydrogen-bond donors (Lipinski definition) is 0. The van der Waals surface area contributed by atoms with Crippen LogP contribution >= 0.6 is 0 Å². The van der Waals surface area contributed by atoms with Crippen LogP contribution in [0.1, 0.15) is 54.9 Å². The summed E-state index contributed by atoms with van der Waals surface area (Å²) in [6, 6.07) is 0. The highest BCUT2D eigenvalue weighted by atomic mass is 19.1. The van der Waals surface area contributed by atoms with Crippen molar-refractivity contribution in [1.82, 2.24) is 0 Å². The molecule has 0 aliphatic heterocycles. The Kier molecular flexibility index (Phi) is 3.96. The van der Waals surface area contributed by atoms with Gasteiger partial charge in [0.2, 0.25) is 0 Å². The maximum atomic E-state index is 14.5. The van der Waals surface area contributed by atoms with Crippen LogP contribution in [0.2, 0.25) is 0 Å². The normalized spacial score (nSPS) is 20.1. The van der Waals surface area contributed by atoms with Crippen LogP contribution in [0.25, 0.3) is 0 Å². The van der Waals surface area contributed by atoms with Gasteiger partial charge in [-0.1, -0.05) is 48.0 Å². The van der Waals surface area contributed by atoms with E-state index in [1.807, 2.05) is 20.8 Å². The van der Waals surface area contributed by atoms with Crippen LogP contribution in [0.15, 0.2) is 0 Å². The molecule has 2 unspecified atom stereocenters. The molecule has 0 saturated heterocycles. The van der Waals surface area contributed by atoms with Crippen molar-refractivity contribution in [3.8, 4) is 0 Å². The van der Waals surface area contributed by atoms with Gasteiger partial charge in [0.1, 0.15) is 5.67 Å². The lowest BCUT2D eigenvalue weighted by molar-refractivity contribution is -0.0456. The van der Waals surface area contributed by atoms with Crippen LogP contribution in [-0.4, -0.2) is 5.67 Å². The molecule has 0 aromatic carbocycles. The molecule has 0 aliphatic rings. The third-order valence-electron chi connectivity index (χ3n) is 4.24. The molecule has 0 amide bonds. The van der Waals surface area contributed by atoms with Gasteiger partial charge >= 0.3 is 0 Å². The Morgan fingerprint density at radius 3 is 1.69 bits per heavy atom. The molecule has 0 radical (unpaired) electrons. The maximum Gasteiger partial charge on any atom is 0.116 e. The van der Waals surface area contributed by atoms with Crippen molar-refractivity contribution in [1.29, 1.82) is 0 Å². The van der Waals surface area contributed by atoms with Crippen LogP contribution in [0.3, 0.4) is 0 Å². The van der Waals surface area contributed by atoms with Gasteiger partial charge in [0.05, 0.1) is 0 Å². The Labute approximate surface area is 82.9 Å². The molecule has 0 rings (SSSR count). The second kappa shape index (κ2) is 3.98. The van der Waals surface area contributed by atoms with Crippen LogP contribution in [0.5, 0.6) is 0 Å². The smallest absolute Gasteiger partial charge is 0.116 e. The first-order valence-corrected chi connectivity index (χ1v) is 5.36. The van der Waals surface area contributed by atoms with Crippen molar-refractivity contribution >= 4 is 0 Å². The number of alkyl halides is 1. The van der Waals surface area contributed by atoms with E-state index < -0.39 is 5.67 Å². The summed E-state index contributed by atoms with van der Waals surface area (Å²) in [7, 11) is 0. The molecule has 0 N–H and O–H groups in total.